The highest BCUT2D eigenvalue weighted by Crippen LogP contribution is 2.18. The Bertz CT molecular complexity index is 831. The third-order valence-corrected chi connectivity index (χ3v) is 5.01. The van der Waals surface area contributed by atoms with Gasteiger partial charge in [-0.1, -0.05) is 13.3 Å². The maximum atomic E-state index is 12.2. The number of unbranched alkanes of at least 4 members (excludes halogenated alkanes) is 1. The fraction of sp³-hybridized carbons (Fsp3) is 0.417. The lowest BCUT2D eigenvalue weighted by Gasteiger charge is -2.12. The lowest BCUT2D eigenvalue weighted by Crippen LogP contribution is -2.24. The van der Waals surface area contributed by atoms with Gasteiger partial charge in [0.2, 0.25) is 5.91 Å². The molecule has 3 N–H and O–H groups in total. The second-order valence-corrected chi connectivity index (χ2v) is 7.56. The van der Waals surface area contributed by atoms with Crippen molar-refractivity contribution in [3.63, 3.8) is 0 Å². The second kappa shape index (κ2) is 12.0. The number of amides is 2. The molecule has 0 bridgehead atoms. The van der Waals surface area contributed by atoms with E-state index in [1.54, 1.807) is 24.3 Å². The number of rotatable bonds is 11. The normalized spacial score (nSPS) is 15.3. The molecular weight excluding hydrogens is 394 g/mol. The van der Waals surface area contributed by atoms with Crippen molar-refractivity contribution < 1.29 is 19.1 Å². The number of hydrogen-bond donors (Lipinski definition) is 3. The van der Waals surface area contributed by atoms with Gasteiger partial charge in [0.05, 0.1) is 12.6 Å². The van der Waals surface area contributed by atoms with Crippen LogP contribution in [0.3, 0.4) is 0 Å². The van der Waals surface area contributed by atoms with Gasteiger partial charge in [-0.15, -0.1) is 0 Å². The Balaban J connectivity index is 1.38. The van der Waals surface area contributed by atoms with E-state index in [-0.39, 0.29) is 24.5 Å². The molecule has 0 radical (unpaired) electrons. The minimum absolute atomic E-state index is 0.0825. The molecule has 1 saturated heterocycles. The molecule has 1 unspecified atom stereocenters. The number of carbonyl (C=O) groups is 2. The zero-order valence-electron chi connectivity index (χ0n) is 18.0. The van der Waals surface area contributed by atoms with Crippen molar-refractivity contribution in [3.8, 4) is 5.75 Å². The summed E-state index contributed by atoms with van der Waals surface area (Å²) in [7, 11) is 0. The van der Waals surface area contributed by atoms with Gasteiger partial charge in [-0.05, 0) is 67.8 Å². The Morgan fingerprint density at radius 2 is 1.81 bits per heavy atom. The minimum atomic E-state index is -0.158. The van der Waals surface area contributed by atoms with Crippen molar-refractivity contribution in [2.24, 2.45) is 0 Å². The maximum Gasteiger partial charge on any atom is 0.251 e. The van der Waals surface area contributed by atoms with E-state index in [4.69, 9.17) is 9.47 Å². The summed E-state index contributed by atoms with van der Waals surface area (Å²) in [6.07, 6.45) is 4.31. The van der Waals surface area contributed by atoms with E-state index in [9.17, 15) is 9.59 Å². The average molecular weight is 426 g/mol. The SMILES string of the molecule is CCCCNC(=O)c1ccc(NCC(=O)Nc2ccc(OCC3CCCO3)cc2)cc1. The van der Waals surface area contributed by atoms with E-state index >= 15 is 0 Å². The fourth-order valence-electron chi connectivity index (χ4n) is 3.21. The predicted molar refractivity (Wildman–Crippen MR) is 122 cm³/mol. The van der Waals surface area contributed by atoms with Gasteiger partial charge in [0.25, 0.3) is 5.91 Å². The number of nitrogens with one attached hydrogen (secondary N) is 3. The van der Waals surface area contributed by atoms with Crippen molar-refractivity contribution in [2.45, 2.75) is 38.7 Å². The second-order valence-electron chi connectivity index (χ2n) is 7.56. The van der Waals surface area contributed by atoms with Crippen LogP contribution in [0.15, 0.2) is 48.5 Å². The van der Waals surface area contributed by atoms with E-state index in [1.165, 1.54) is 0 Å². The van der Waals surface area contributed by atoms with Gasteiger partial charge in [0.15, 0.2) is 0 Å². The summed E-state index contributed by atoms with van der Waals surface area (Å²) < 4.78 is 11.3. The number of ether oxygens (including phenoxy) is 2. The quantitative estimate of drug-likeness (QED) is 0.476. The first-order valence-corrected chi connectivity index (χ1v) is 10.9. The first-order chi connectivity index (χ1) is 15.1. The molecule has 1 aliphatic heterocycles. The summed E-state index contributed by atoms with van der Waals surface area (Å²) in [5.41, 5.74) is 2.08. The molecule has 1 aliphatic rings. The molecule has 166 valence electrons. The summed E-state index contributed by atoms with van der Waals surface area (Å²) in [4.78, 5) is 24.2. The van der Waals surface area contributed by atoms with Crippen LogP contribution in [0.5, 0.6) is 5.75 Å². The van der Waals surface area contributed by atoms with Gasteiger partial charge in [-0.25, -0.2) is 0 Å². The summed E-state index contributed by atoms with van der Waals surface area (Å²) in [5.74, 6) is 0.515. The van der Waals surface area contributed by atoms with Crippen molar-refractivity contribution in [1.29, 1.82) is 0 Å². The molecule has 31 heavy (non-hydrogen) atoms. The van der Waals surface area contributed by atoms with Gasteiger partial charge in [0.1, 0.15) is 12.4 Å². The number of carbonyl (C=O) groups excluding carboxylic acids is 2. The number of anilines is 2. The summed E-state index contributed by atoms with van der Waals surface area (Å²) >= 11 is 0. The molecular formula is C24H31N3O4. The Morgan fingerprint density at radius 1 is 1.06 bits per heavy atom. The van der Waals surface area contributed by atoms with E-state index in [1.807, 2.05) is 24.3 Å². The van der Waals surface area contributed by atoms with Crippen LogP contribution in [0.2, 0.25) is 0 Å². The van der Waals surface area contributed by atoms with Crippen molar-refractivity contribution >= 4 is 23.2 Å². The van der Waals surface area contributed by atoms with Crippen molar-refractivity contribution in [1.82, 2.24) is 5.32 Å². The van der Waals surface area contributed by atoms with Gasteiger partial charge in [-0.3, -0.25) is 9.59 Å². The van der Waals surface area contributed by atoms with Gasteiger partial charge in [-0.2, -0.15) is 0 Å². The van der Waals surface area contributed by atoms with Gasteiger partial charge < -0.3 is 25.4 Å². The Morgan fingerprint density at radius 3 is 2.48 bits per heavy atom. The number of benzene rings is 2. The van der Waals surface area contributed by atoms with Crippen LogP contribution in [0.1, 0.15) is 43.0 Å². The molecule has 7 heteroatoms. The molecule has 7 nitrogen and oxygen atoms in total. The first-order valence-electron chi connectivity index (χ1n) is 10.9. The maximum absolute atomic E-state index is 12.2. The lowest BCUT2D eigenvalue weighted by molar-refractivity contribution is -0.114. The minimum Gasteiger partial charge on any atom is -0.491 e. The Labute approximate surface area is 183 Å². The van der Waals surface area contributed by atoms with Crippen LogP contribution < -0.4 is 20.7 Å². The van der Waals surface area contributed by atoms with Crippen LogP contribution in [0, 0.1) is 0 Å². The predicted octanol–water partition coefficient (Wildman–Crippen LogP) is 3.82. The van der Waals surface area contributed by atoms with Crippen molar-refractivity contribution in [3.05, 3.63) is 54.1 Å². The number of hydrogen-bond acceptors (Lipinski definition) is 5. The monoisotopic (exact) mass is 425 g/mol. The molecule has 0 saturated carbocycles. The largest absolute Gasteiger partial charge is 0.491 e. The van der Waals surface area contributed by atoms with Crippen molar-refractivity contribution in [2.75, 3.05) is 36.9 Å². The topological polar surface area (TPSA) is 88.7 Å². The van der Waals surface area contributed by atoms with E-state index in [0.717, 1.165) is 43.7 Å². The lowest BCUT2D eigenvalue weighted by atomic mass is 10.2. The zero-order chi connectivity index (χ0) is 21.9. The molecule has 1 atom stereocenters. The molecule has 0 spiro atoms. The average Bonchev–Trinajstić information content (AvgIpc) is 3.31. The standard InChI is InChI=1S/C24H31N3O4/c1-2-3-14-25-24(29)18-6-8-19(9-7-18)26-16-23(28)27-20-10-12-21(13-11-20)31-17-22-5-4-15-30-22/h6-13,22,26H,2-5,14-17H2,1H3,(H,25,29)(H,27,28). The molecule has 1 fully saturated rings. The van der Waals surface area contributed by atoms with E-state index in [2.05, 4.69) is 22.9 Å². The highest BCUT2D eigenvalue weighted by Gasteiger charge is 2.16. The smallest absolute Gasteiger partial charge is 0.251 e. The summed E-state index contributed by atoms with van der Waals surface area (Å²) in [6, 6.07) is 14.4. The van der Waals surface area contributed by atoms with Crippen LogP contribution in [0.25, 0.3) is 0 Å². The molecule has 2 amide bonds. The summed E-state index contributed by atoms with van der Waals surface area (Å²) in [6.45, 7) is 4.25. The van der Waals surface area contributed by atoms with Crippen LogP contribution >= 0.6 is 0 Å². The Kier molecular flexibility index (Phi) is 8.72. The highest BCUT2D eigenvalue weighted by atomic mass is 16.5. The van der Waals surface area contributed by atoms with Crippen LogP contribution in [0.4, 0.5) is 11.4 Å². The highest BCUT2D eigenvalue weighted by molar-refractivity contribution is 5.95. The molecule has 2 aromatic rings. The third-order valence-electron chi connectivity index (χ3n) is 5.01. The third kappa shape index (κ3) is 7.61. The molecule has 1 heterocycles. The fourth-order valence-corrected chi connectivity index (χ4v) is 3.21. The molecule has 3 rings (SSSR count). The van der Waals surface area contributed by atoms with E-state index < -0.39 is 0 Å². The van der Waals surface area contributed by atoms with Gasteiger partial charge >= 0.3 is 0 Å². The molecule has 0 aliphatic carbocycles. The summed E-state index contributed by atoms with van der Waals surface area (Å²) in [5, 5.41) is 8.80. The Hall–Kier alpha value is -3.06. The first kappa shape index (κ1) is 22.6. The van der Waals surface area contributed by atoms with Crippen LogP contribution in [-0.4, -0.2) is 44.2 Å². The van der Waals surface area contributed by atoms with Crippen LogP contribution in [-0.2, 0) is 9.53 Å². The molecule has 2 aromatic carbocycles. The van der Waals surface area contributed by atoms with Gasteiger partial charge in [0, 0.05) is 30.1 Å². The van der Waals surface area contributed by atoms with E-state index in [0.29, 0.717) is 24.4 Å². The molecule has 0 aromatic heterocycles. The zero-order valence-corrected chi connectivity index (χ0v) is 18.0.